The Kier molecular flexibility index (Phi) is 4.04. The zero-order chi connectivity index (χ0) is 15.0. The monoisotopic (exact) mass is 351 g/mol. The largest absolute Gasteiger partial charge is 0.451 e. The molecule has 0 unspecified atom stereocenters. The van der Waals surface area contributed by atoms with Crippen molar-refractivity contribution in [2.45, 2.75) is 44.8 Å². The number of carbonyl (C=O) groups excluding carboxylic acids is 1. The molecule has 1 aliphatic carbocycles. The van der Waals surface area contributed by atoms with E-state index in [0.717, 1.165) is 46.7 Å². The van der Waals surface area contributed by atoms with Gasteiger partial charge in [-0.3, -0.25) is 4.79 Å². The van der Waals surface area contributed by atoms with E-state index in [-0.39, 0.29) is 18.1 Å². The summed E-state index contributed by atoms with van der Waals surface area (Å²) in [6.45, 7) is 1.90. The van der Waals surface area contributed by atoms with Crippen molar-refractivity contribution in [2.24, 2.45) is 0 Å². The third-order valence-corrected chi connectivity index (χ3v) is 4.63. The molecule has 1 aromatic carbocycles. The average molecular weight is 352 g/mol. The summed E-state index contributed by atoms with van der Waals surface area (Å²) in [5, 5.41) is 13.5. The fourth-order valence-electron chi connectivity index (χ4n) is 2.88. The number of furan rings is 1. The molecule has 0 atom stereocenters. The van der Waals surface area contributed by atoms with E-state index in [1.54, 1.807) is 0 Å². The highest BCUT2D eigenvalue weighted by Crippen LogP contribution is 2.28. The Bertz CT molecular complexity index is 671. The highest BCUT2D eigenvalue weighted by atomic mass is 79.9. The van der Waals surface area contributed by atoms with Crippen LogP contribution in [0.4, 0.5) is 0 Å². The number of aliphatic hydroxyl groups is 1. The summed E-state index contributed by atoms with van der Waals surface area (Å²) in [6.07, 6.45) is 2.91. The number of amides is 1. The Labute approximate surface area is 131 Å². The van der Waals surface area contributed by atoms with Crippen molar-refractivity contribution in [1.82, 2.24) is 5.32 Å². The van der Waals surface area contributed by atoms with Gasteiger partial charge in [-0.2, -0.15) is 0 Å². The van der Waals surface area contributed by atoms with E-state index in [0.29, 0.717) is 5.76 Å². The summed E-state index contributed by atoms with van der Waals surface area (Å²) >= 11 is 3.43. The van der Waals surface area contributed by atoms with Crippen LogP contribution >= 0.6 is 15.9 Å². The Hall–Kier alpha value is -1.33. The van der Waals surface area contributed by atoms with E-state index in [1.807, 2.05) is 25.1 Å². The second kappa shape index (κ2) is 5.81. The van der Waals surface area contributed by atoms with Crippen LogP contribution in [0.2, 0.25) is 0 Å². The summed E-state index contributed by atoms with van der Waals surface area (Å²) in [4.78, 5) is 12.4. The molecule has 3 rings (SSSR count). The third kappa shape index (κ3) is 2.99. The first-order valence-electron chi connectivity index (χ1n) is 7.22. The van der Waals surface area contributed by atoms with Gasteiger partial charge in [0.05, 0.1) is 6.10 Å². The maximum atomic E-state index is 12.4. The Morgan fingerprint density at radius 3 is 2.76 bits per heavy atom. The summed E-state index contributed by atoms with van der Waals surface area (Å²) < 4.78 is 6.66. The molecular weight excluding hydrogens is 334 g/mol. The summed E-state index contributed by atoms with van der Waals surface area (Å²) in [5.74, 6) is 0.218. The molecule has 1 aromatic heterocycles. The number of nitrogens with one attached hydrogen (secondary N) is 1. The molecular formula is C16H18BrNO3. The van der Waals surface area contributed by atoms with Crippen LogP contribution in [0.1, 0.15) is 41.8 Å². The topological polar surface area (TPSA) is 62.5 Å². The zero-order valence-corrected chi connectivity index (χ0v) is 13.4. The predicted octanol–water partition coefficient (Wildman–Crippen LogP) is 3.54. The van der Waals surface area contributed by atoms with E-state index >= 15 is 0 Å². The highest BCUT2D eigenvalue weighted by Gasteiger charge is 2.24. The molecule has 0 saturated heterocycles. The Morgan fingerprint density at radius 2 is 2.05 bits per heavy atom. The minimum atomic E-state index is -0.219. The van der Waals surface area contributed by atoms with Crippen LogP contribution in [-0.2, 0) is 0 Å². The minimum Gasteiger partial charge on any atom is -0.451 e. The number of hydrogen-bond acceptors (Lipinski definition) is 3. The van der Waals surface area contributed by atoms with Gasteiger partial charge in [-0.05, 0) is 50.8 Å². The fourth-order valence-corrected chi connectivity index (χ4v) is 3.24. The predicted molar refractivity (Wildman–Crippen MR) is 84.4 cm³/mol. The van der Waals surface area contributed by atoms with Crippen LogP contribution < -0.4 is 5.32 Å². The maximum absolute atomic E-state index is 12.4. The van der Waals surface area contributed by atoms with E-state index < -0.39 is 0 Å². The molecule has 1 heterocycles. The lowest BCUT2D eigenvalue weighted by molar-refractivity contribution is 0.0844. The SMILES string of the molecule is Cc1c(C(=O)NC2CCC(O)CC2)oc2ccc(Br)cc12. The molecule has 1 fully saturated rings. The van der Waals surface area contributed by atoms with E-state index in [4.69, 9.17) is 4.42 Å². The lowest BCUT2D eigenvalue weighted by Crippen LogP contribution is -2.38. The van der Waals surface area contributed by atoms with Gasteiger partial charge in [0, 0.05) is 21.5 Å². The van der Waals surface area contributed by atoms with Crippen molar-refractivity contribution in [3.8, 4) is 0 Å². The highest BCUT2D eigenvalue weighted by molar-refractivity contribution is 9.10. The van der Waals surface area contributed by atoms with Gasteiger partial charge in [-0.1, -0.05) is 15.9 Å². The molecule has 1 aliphatic rings. The van der Waals surface area contributed by atoms with Gasteiger partial charge in [0.1, 0.15) is 5.58 Å². The first kappa shape index (κ1) is 14.6. The number of aliphatic hydroxyl groups excluding tert-OH is 1. The number of carbonyl (C=O) groups is 1. The zero-order valence-electron chi connectivity index (χ0n) is 11.9. The van der Waals surface area contributed by atoms with Gasteiger partial charge in [0.2, 0.25) is 0 Å². The summed E-state index contributed by atoms with van der Waals surface area (Å²) in [7, 11) is 0. The van der Waals surface area contributed by atoms with Crippen LogP contribution in [0, 0.1) is 6.92 Å². The first-order valence-corrected chi connectivity index (χ1v) is 8.01. The van der Waals surface area contributed by atoms with Crippen molar-refractivity contribution >= 4 is 32.8 Å². The van der Waals surface area contributed by atoms with Gasteiger partial charge in [-0.25, -0.2) is 0 Å². The van der Waals surface area contributed by atoms with Crippen molar-refractivity contribution < 1.29 is 14.3 Å². The number of fused-ring (bicyclic) bond motifs is 1. The maximum Gasteiger partial charge on any atom is 0.287 e. The molecule has 4 nitrogen and oxygen atoms in total. The van der Waals surface area contributed by atoms with E-state index in [1.165, 1.54) is 0 Å². The molecule has 1 saturated carbocycles. The normalized spacial score (nSPS) is 22.4. The quantitative estimate of drug-likeness (QED) is 0.869. The molecule has 0 spiro atoms. The van der Waals surface area contributed by atoms with Crippen LogP contribution in [-0.4, -0.2) is 23.2 Å². The fraction of sp³-hybridized carbons (Fsp3) is 0.438. The second-order valence-electron chi connectivity index (χ2n) is 5.68. The van der Waals surface area contributed by atoms with Crippen LogP contribution in [0.5, 0.6) is 0 Å². The number of rotatable bonds is 2. The smallest absolute Gasteiger partial charge is 0.287 e. The van der Waals surface area contributed by atoms with Crippen molar-refractivity contribution in [2.75, 3.05) is 0 Å². The minimum absolute atomic E-state index is 0.125. The molecule has 2 N–H and O–H groups in total. The molecule has 0 bridgehead atoms. The van der Waals surface area contributed by atoms with E-state index in [9.17, 15) is 9.90 Å². The van der Waals surface area contributed by atoms with Crippen LogP contribution in [0.25, 0.3) is 11.0 Å². The Morgan fingerprint density at radius 1 is 1.33 bits per heavy atom. The van der Waals surface area contributed by atoms with Gasteiger partial charge in [0.25, 0.3) is 5.91 Å². The number of hydrogen-bond donors (Lipinski definition) is 2. The average Bonchev–Trinajstić information content (AvgIpc) is 2.79. The molecule has 5 heteroatoms. The summed E-state index contributed by atoms with van der Waals surface area (Å²) in [6, 6.07) is 5.85. The number of benzene rings is 1. The van der Waals surface area contributed by atoms with Crippen molar-refractivity contribution in [1.29, 1.82) is 0 Å². The molecule has 0 aliphatic heterocycles. The number of halogens is 1. The van der Waals surface area contributed by atoms with Gasteiger partial charge >= 0.3 is 0 Å². The molecule has 112 valence electrons. The molecule has 21 heavy (non-hydrogen) atoms. The van der Waals surface area contributed by atoms with Gasteiger partial charge < -0.3 is 14.8 Å². The van der Waals surface area contributed by atoms with Crippen molar-refractivity contribution in [3.63, 3.8) is 0 Å². The van der Waals surface area contributed by atoms with Crippen molar-refractivity contribution in [3.05, 3.63) is 34.0 Å². The molecule has 2 aromatic rings. The molecule has 0 radical (unpaired) electrons. The van der Waals surface area contributed by atoms with Gasteiger partial charge in [0.15, 0.2) is 5.76 Å². The first-order chi connectivity index (χ1) is 10.0. The Balaban J connectivity index is 1.80. The molecule has 1 amide bonds. The lowest BCUT2D eigenvalue weighted by Gasteiger charge is -2.25. The summed E-state index contributed by atoms with van der Waals surface area (Å²) in [5.41, 5.74) is 1.58. The van der Waals surface area contributed by atoms with Crippen LogP contribution in [0.15, 0.2) is 27.1 Å². The van der Waals surface area contributed by atoms with E-state index in [2.05, 4.69) is 21.2 Å². The standard InChI is InChI=1S/C16H18BrNO3/c1-9-13-8-10(17)2-7-14(13)21-15(9)16(20)18-11-3-5-12(19)6-4-11/h2,7-8,11-12,19H,3-6H2,1H3,(H,18,20). The third-order valence-electron chi connectivity index (χ3n) is 4.14. The van der Waals surface area contributed by atoms with Gasteiger partial charge in [-0.15, -0.1) is 0 Å². The lowest BCUT2D eigenvalue weighted by atomic mass is 9.93. The van der Waals surface area contributed by atoms with Crippen LogP contribution in [0.3, 0.4) is 0 Å². The second-order valence-corrected chi connectivity index (χ2v) is 6.59. The number of aryl methyl sites for hydroxylation is 1.